The van der Waals surface area contributed by atoms with E-state index in [1.54, 1.807) is 6.92 Å². The van der Waals surface area contributed by atoms with Gasteiger partial charge in [0.2, 0.25) is 5.91 Å². The number of amides is 2. The van der Waals surface area contributed by atoms with Gasteiger partial charge in [0, 0.05) is 29.8 Å². The molecule has 0 saturated carbocycles. The van der Waals surface area contributed by atoms with E-state index in [2.05, 4.69) is 20.9 Å². The number of nitrogens with zero attached hydrogens (tertiary/aromatic N) is 1. The molecule has 11 heteroatoms. The maximum Gasteiger partial charge on any atom is 0.330 e. The number of carbonyl (C=O) groups is 3. The fourth-order valence-electron chi connectivity index (χ4n) is 1.44. The van der Waals surface area contributed by atoms with Crippen LogP contribution >= 0.6 is 12.2 Å². The van der Waals surface area contributed by atoms with Gasteiger partial charge in [0.1, 0.15) is 0 Å². The second-order valence-electron chi connectivity index (χ2n) is 4.29. The van der Waals surface area contributed by atoms with Gasteiger partial charge in [-0.25, -0.2) is 4.79 Å². The molecule has 1 rings (SSSR count). The van der Waals surface area contributed by atoms with E-state index in [0.717, 1.165) is 12.2 Å². The summed E-state index contributed by atoms with van der Waals surface area (Å²) in [5, 5.41) is 12.5. The van der Waals surface area contributed by atoms with E-state index in [9.17, 15) is 24.5 Å². The Balaban J connectivity index is 2.45. The van der Waals surface area contributed by atoms with E-state index in [1.807, 2.05) is 0 Å². The van der Waals surface area contributed by atoms with Crippen molar-refractivity contribution in [2.24, 2.45) is 0 Å². The summed E-state index contributed by atoms with van der Waals surface area (Å²) in [4.78, 5) is 44.3. The topological polar surface area (TPSA) is 140 Å². The molecule has 132 valence electrons. The third kappa shape index (κ3) is 7.18. The van der Waals surface area contributed by atoms with Crippen LogP contribution in [0.5, 0.6) is 0 Å². The lowest BCUT2D eigenvalue weighted by Gasteiger charge is -2.09. The zero-order valence-corrected chi connectivity index (χ0v) is 13.8. The van der Waals surface area contributed by atoms with Gasteiger partial charge in [-0.15, -0.1) is 0 Å². The lowest BCUT2D eigenvalue weighted by Crippen LogP contribution is -2.48. The number of rotatable bonds is 5. The summed E-state index contributed by atoms with van der Waals surface area (Å²) < 4.78 is 4.60. The molecule has 0 heterocycles. The number of non-ortho nitro benzene ring substituents is 1. The van der Waals surface area contributed by atoms with E-state index in [1.165, 1.54) is 24.3 Å². The number of carbonyl (C=O) groups excluding carboxylic acids is 3. The van der Waals surface area contributed by atoms with Crippen molar-refractivity contribution >= 4 is 40.8 Å². The number of hydrogen-bond acceptors (Lipinski definition) is 7. The Morgan fingerprint density at radius 1 is 1.20 bits per heavy atom. The van der Waals surface area contributed by atoms with Crippen molar-refractivity contribution < 1.29 is 24.0 Å². The van der Waals surface area contributed by atoms with Gasteiger partial charge in [-0.1, -0.05) is 0 Å². The molecular weight excluding hydrogens is 352 g/mol. The van der Waals surface area contributed by atoms with Crippen LogP contribution in [0.15, 0.2) is 36.4 Å². The summed E-state index contributed by atoms with van der Waals surface area (Å²) in [5.41, 5.74) is 4.48. The number of nitrogens with one attached hydrogen (secondary N) is 3. The van der Waals surface area contributed by atoms with E-state index >= 15 is 0 Å². The van der Waals surface area contributed by atoms with Crippen molar-refractivity contribution in [3.8, 4) is 0 Å². The largest absolute Gasteiger partial charge is 0.463 e. The van der Waals surface area contributed by atoms with Crippen LogP contribution in [0.4, 0.5) is 5.69 Å². The highest BCUT2D eigenvalue weighted by Gasteiger charge is 2.10. The zero-order chi connectivity index (χ0) is 18.8. The minimum atomic E-state index is -0.699. The molecule has 0 atom stereocenters. The molecule has 0 unspecified atom stereocenters. The number of thiocarbonyl (C=S) groups is 1. The summed E-state index contributed by atoms with van der Waals surface area (Å²) in [6.07, 6.45) is 1.85. The molecule has 0 fully saturated rings. The lowest BCUT2D eigenvalue weighted by atomic mass is 10.2. The van der Waals surface area contributed by atoms with Crippen LogP contribution in [0, 0.1) is 10.1 Å². The van der Waals surface area contributed by atoms with E-state index in [0.29, 0.717) is 0 Å². The summed E-state index contributed by atoms with van der Waals surface area (Å²) in [6.45, 7) is 1.80. The van der Waals surface area contributed by atoms with Gasteiger partial charge in [-0.3, -0.25) is 35.9 Å². The summed E-state index contributed by atoms with van der Waals surface area (Å²) >= 11 is 4.79. The Morgan fingerprint density at radius 2 is 1.84 bits per heavy atom. The molecule has 0 aromatic heterocycles. The first-order valence-corrected chi connectivity index (χ1v) is 7.25. The smallest absolute Gasteiger partial charge is 0.330 e. The summed E-state index contributed by atoms with van der Waals surface area (Å²) in [5.74, 6) is -1.99. The molecule has 1 aromatic rings. The van der Waals surface area contributed by atoms with Gasteiger partial charge in [0.25, 0.3) is 11.6 Å². The maximum absolute atomic E-state index is 11.8. The van der Waals surface area contributed by atoms with Crippen LogP contribution in [0.1, 0.15) is 17.3 Å². The van der Waals surface area contributed by atoms with Crippen molar-refractivity contribution in [3.05, 3.63) is 52.1 Å². The summed E-state index contributed by atoms with van der Waals surface area (Å²) in [7, 11) is 0. The molecule has 3 N–H and O–H groups in total. The Kier molecular flexibility index (Phi) is 7.66. The van der Waals surface area contributed by atoms with Crippen molar-refractivity contribution in [2.45, 2.75) is 6.92 Å². The minimum Gasteiger partial charge on any atom is -0.463 e. The summed E-state index contributed by atoms with van der Waals surface area (Å²) in [6, 6.07) is 4.88. The zero-order valence-electron chi connectivity index (χ0n) is 13.0. The molecule has 0 radical (unpaired) electrons. The number of ether oxygens (including phenoxy) is 1. The number of hydrogen-bond donors (Lipinski definition) is 3. The number of nitro groups is 1. The van der Waals surface area contributed by atoms with Crippen LogP contribution in [-0.2, 0) is 14.3 Å². The van der Waals surface area contributed by atoms with Crippen LogP contribution < -0.4 is 16.2 Å². The van der Waals surface area contributed by atoms with E-state index in [-0.39, 0.29) is 23.0 Å². The number of esters is 1. The third-order valence-corrected chi connectivity index (χ3v) is 2.73. The van der Waals surface area contributed by atoms with Crippen molar-refractivity contribution in [1.29, 1.82) is 0 Å². The molecule has 0 saturated heterocycles. The average Bonchev–Trinajstić information content (AvgIpc) is 2.58. The molecule has 0 aliphatic rings. The van der Waals surface area contributed by atoms with Gasteiger partial charge in [-0.05, 0) is 31.3 Å². The lowest BCUT2D eigenvalue weighted by molar-refractivity contribution is -0.384. The normalized spacial score (nSPS) is 9.96. The van der Waals surface area contributed by atoms with Crippen molar-refractivity contribution in [2.75, 3.05) is 6.61 Å². The van der Waals surface area contributed by atoms with Gasteiger partial charge in [0.05, 0.1) is 11.5 Å². The average molecular weight is 366 g/mol. The van der Waals surface area contributed by atoms with Crippen LogP contribution in [0.25, 0.3) is 0 Å². The molecule has 0 aliphatic heterocycles. The first kappa shape index (κ1) is 19.7. The van der Waals surface area contributed by atoms with Crippen molar-refractivity contribution in [1.82, 2.24) is 16.2 Å². The highest BCUT2D eigenvalue weighted by Crippen LogP contribution is 2.11. The van der Waals surface area contributed by atoms with Gasteiger partial charge in [-0.2, -0.15) is 0 Å². The predicted octanol–water partition coefficient (Wildman–Crippen LogP) is 0.350. The quantitative estimate of drug-likeness (QED) is 0.223. The Labute approximate surface area is 147 Å². The minimum absolute atomic E-state index is 0.148. The first-order valence-electron chi connectivity index (χ1n) is 6.84. The number of nitro benzene ring substituents is 1. The van der Waals surface area contributed by atoms with Crippen LogP contribution in [0.2, 0.25) is 0 Å². The third-order valence-electron chi connectivity index (χ3n) is 2.52. The Bertz CT molecular complexity index is 717. The van der Waals surface area contributed by atoms with Crippen molar-refractivity contribution in [3.63, 3.8) is 0 Å². The fourth-order valence-corrected chi connectivity index (χ4v) is 1.59. The number of benzene rings is 1. The highest BCUT2D eigenvalue weighted by molar-refractivity contribution is 7.80. The van der Waals surface area contributed by atoms with E-state index < -0.39 is 22.7 Å². The van der Waals surface area contributed by atoms with Crippen LogP contribution in [0.3, 0.4) is 0 Å². The predicted molar refractivity (Wildman–Crippen MR) is 90.2 cm³/mol. The number of hydrazine groups is 1. The first-order chi connectivity index (χ1) is 11.8. The molecular formula is C14H14N4O6S. The van der Waals surface area contributed by atoms with Gasteiger partial charge < -0.3 is 4.74 Å². The molecule has 2 amide bonds. The second kappa shape index (κ2) is 9.72. The maximum atomic E-state index is 11.8. The SMILES string of the molecule is CCOC(=O)/C=C/C(=O)NC(=S)NNC(=O)c1ccc([N+](=O)[O-])cc1. The molecule has 0 bridgehead atoms. The van der Waals surface area contributed by atoms with Gasteiger partial charge >= 0.3 is 5.97 Å². The fraction of sp³-hybridized carbons (Fsp3) is 0.143. The van der Waals surface area contributed by atoms with Gasteiger partial charge in [0.15, 0.2) is 5.11 Å². The second-order valence-corrected chi connectivity index (χ2v) is 4.70. The molecule has 25 heavy (non-hydrogen) atoms. The Morgan fingerprint density at radius 3 is 2.40 bits per heavy atom. The standard InChI is InChI=1S/C14H14N4O6S/c1-2-24-12(20)8-7-11(19)15-14(25)17-16-13(21)9-3-5-10(6-4-9)18(22)23/h3-8H,2H2,1H3,(H,16,21)(H2,15,17,19,25)/b8-7+. The molecule has 0 aliphatic carbocycles. The Hall–Kier alpha value is -3.34. The molecule has 10 nitrogen and oxygen atoms in total. The molecule has 0 spiro atoms. The molecule has 1 aromatic carbocycles. The monoisotopic (exact) mass is 366 g/mol. The highest BCUT2D eigenvalue weighted by atomic mass is 32.1. The van der Waals surface area contributed by atoms with E-state index in [4.69, 9.17) is 12.2 Å². The van der Waals surface area contributed by atoms with Crippen LogP contribution in [-0.4, -0.2) is 34.4 Å².